The molecule has 0 aliphatic carbocycles. The van der Waals surface area contributed by atoms with E-state index in [-0.39, 0.29) is 29.7 Å². The van der Waals surface area contributed by atoms with E-state index in [2.05, 4.69) is 0 Å². The van der Waals surface area contributed by atoms with E-state index in [1.54, 1.807) is 19.1 Å². The molecule has 2 atom stereocenters. The molecule has 0 unspecified atom stereocenters. The molecule has 0 aromatic heterocycles. The molecule has 0 radical (unpaired) electrons. The van der Waals surface area contributed by atoms with Crippen molar-refractivity contribution in [3.05, 3.63) is 35.4 Å². The molecule has 0 spiro atoms. The predicted octanol–water partition coefficient (Wildman–Crippen LogP) is 0.760. The van der Waals surface area contributed by atoms with Crippen LogP contribution in [0.1, 0.15) is 36.2 Å². The van der Waals surface area contributed by atoms with Gasteiger partial charge in [0.15, 0.2) is 15.9 Å². The van der Waals surface area contributed by atoms with Gasteiger partial charge in [-0.3, -0.25) is 4.79 Å². The Morgan fingerprint density at radius 1 is 1.32 bits per heavy atom. The van der Waals surface area contributed by atoms with E-state index in [0.29, 0.717) is 18.5 Å². The third kappa shape index (κ3) is 4.79. The number of hydrogen-bond donors (Lipinski definition) is 1. The number of sulfone groups is 1. The van der Waals surface area contributed by atoms with Crippen LogP contribution in [0.25, 0.3) is 0 Å². The summed E-state index contributed by atoms with van der Waals surface area (Å²) in [5, 5.41) is 9.01. The Bertz CT molecular complexity index is 728. The molecular formula is C17H23NO6S. The predicted molar refractivity (Wildman–Crippen MR) is 91.7 cm³/mol. The number of aliphatic hydroxyl groups excluding tert-OH is 1. The number of carbonyl (C=O) groups is 2. The smallest absolute Gasteiger partial charge is 0.338 e. The molecule has 1 N–H and O–H groups in total. The number of rotatable bonds is 6. The highest BCUT2D eigenvalue weighted by molar-refractivity contribution is 7.91. The minimum Gasteiger partial charge on any atom is -0.449 e. The molecule has 0 saturated carbocycles. The summed E-state index contributed by atoms with van der Waals surface area (Å²) in [5.41, 5.74) is 0.948. The van der Waals surface area contributed by atoms with Crippen LogP contribution < -0.4 is 0 Å². The van der Waals surface area contributed by atoms with Crippen LogP contribution in [0.2, 0.25) is 0 Å². The molecular weight excluding hydrogens is 346 g/mol. The molecule has 1 aliphatic heterocycles. The van der Waals surface area contributed by atoms with Crippen molar-refractivity contribution in [2.75, 3.05) is 18.1 Å². The van der Waals surface area contributed by atoms with Crippen LogP contribution in [0.15, 0.2) is 24.3 Å². The summed E-state index contributed by atoms with van der Waals surface area (Å²) in [4.78, 5) is 26.2. The van der Waals surface area contributed by atoms with E-state index in [4.69, 9.17) is 9.84 Å². The topological polar surface area (TPSA) is 101 Å². The van der Waals surface area contributed by atoms with Gasteiger partial charge in [-0.25, -0.2) is 13.2 Å². The van der Waals surface area contributed by atoms with Gasteiger partial charge in [0.1, 0.15) is 0 Å². The summed E-state index contributed by atoms with van der Waals surface area (Å²) in [6, 6.07) is 5.88. The number of esters is 1. The van der Waals surface area contributed by atoms with Crippen molar-refractivity contribution >= 4 is 21.7 Å². The van der Waals surface area contributed by atoms with Crippen molar-refractivity contribution in [2.24, 2.45) is 0 Å². The Morgan fingerprint density at radius 2 is 1.96 bits per heavy atom. The Hall–Kier alpha value is -1.93. The Morgan fingerprint density at radius 3 is 2.44 bits per heavy atom. The van der Waals surface area contributed by atoms with Gasteiger partial charge in [-0.15, -0.1) is 0 Å². The molecule has 2 rings (SSSR count). The van der Waals surface area contributed by atoms with Crippen molar-refractivity contribution in [1.82, 2.24) is 4.90 Å². The lowest BCUT2D eigenvalue weighted by molar-refractivity contribution is -0.141. The zero-order valence-electron chi connectivity index (χ0n) is 14.3. The number of amides is 1. The van der Waals surface area contributed by atoms with Crippen molar-refractivity contribution < 1.29 is 27.9 Å². The van der Waals surface area contributed by atoms with Crippen molar-refractivity contribution in [3.8, 4) is 0 Å². The third-order valence-corrected chi connectivity index (χ3v) is 6.03. The fourth-order valence-corrected chi connectivity index (χ4v) is 4.60. The number of ether oxygens (including phenoxy) is 1. The van der Waals surface area contributed by atoms with Gasteiger partial charge in [-0.1, -0.05) is 12.1 Å². The zero-order chi connectivity index (χ0) is 18.6. The van der Waals surface area contributed by atoms with Crippen molar-refractivity contribution in [3.63, 3.8) is 0 Å². The van der Waals surface area contributed by atoms with Gasteiger partial charge in [0, 0.05) is 12.6 Å². The van der Waals surface area contributed by atoms with Crippen molar-refractivity contribution in [1.29, 1.82) is 0 Å². The van der Waals surface area contributed by atoms with Gasteiger partial charge in [-0.2, -0.15) is 0 Å². The van der Waals surface area contributed by atoms with Crippen LogP contribution in [-0.4, -0.2) is 60.5 Å². The van der Waals surface area contributed by atoms with Crippen LogP contribution in [0, 0.1) is 0 Å². The fourth-order valence-electron chi connectivity index (χ4n) is 2.87. The molecule has 7 nitrogen and oxygen atoms in total. The van der Waals surface area contributed by atoms with E-state index < -0.39 is 27.8 Å². The number of benzene rings is 1. The maximum atomic E-state index is 12.6. The molecule has 1 saturated heterocycles. The normalized spacial score (nSPS) is 20.0. The number of carbonyl (C=O) groups excluding carboxylic acids is 2. The standard InChI is InChI=1S/C17H23NO6S/c1-3-18(15-8-9-25(22,23)11-15)16(20)12(2)24-17(21)14-6-4-13(10-19)5-7-14/h4-7,12,15,19H,3,8-11H2,1-2H3/t12-,15-/m1/s1. The monoisotopic (exact) mass is 369 g/mol. The van der Waals surface area contributed by atoms with Gasteiger partial charge in [0.25, 0.3) is 5.91 Å². The van der Waals surface area contributed by atoms with Gasteiger partial charge in [-0.05, 0) is 38.0 Å². The molecule has 1 fully saturated rings. The van der Waals surface area contributed by atoms with Gasteiger partial charge >= 0.3 is 5.97 Å². The first-order valence-corrected chi connectivity index (χ1v) is 10.0. The second kappa shape index (κ2) is 7.97. The summed E-state index contributed by atoms with van der Waals surface area (Å²) < 4.78 is 28.5. The lowest BCUT2D eigenvalue weighted by Crippen LogP contribution is -2.46. The minimum atomic E-state index is -3.10. The molecule has 25 heavy (non-hydrogen) atoms. The van der Waals surface area contributed by atoms with Crippen LogP contribution in [0.4, 0.5) is 0 Å². The Kier molecular flexibility index (Phi) is 6.18. The summed E-state index contributed by atoms with van der Waals surface area (Å²) in [6.07, 6.45) is -0.598. The quantitative estimate of drug-likeness (QED) is 0.743. The second-order valence-corrected chi connectivity index (χ2v) is 8.31. The maximum Gasteiger partial charge on any atom is 0.338 e. The largest absolute Gasteiger partial charge is 0.449 e. The molecule has 0 bridgehead atoms. The summed E-state index contributed by atoms with van der Waals surface area (Å²) in [5.74, 6) is -1.01. The lowest BCUT2D eigenvalue weighted by Gasteiger charge is -2.29. The molecule has 1 amide bonds. The highest BCUT2D eigenvalue weighted by Gasteiger charge is 2.36. The number of likely N-dealkylation sites (N-methyl/N-ethyl adjacent to an activating group) is 1. The van der Waals surface area contributed by atoms with Crippen LogP contribution >= 0.6 is 0 Å². The maximum absolute atomic E-state index is 12.6. The first kappa shape index (κ1) is 19.4. The van der Waals surface area contributed by atoms with Crippen LogP contribution in [-0.2, 0) is 26.0 Å². The summed E-state index contributed by atoms with van der Waals surface area (Å²) >= 11 is 0. The van der Waals surface area contributed by atoms with E-state index in [0.717, 1.165) is 0 Å². The summed E-state index contributed by atoms with van der Waals surface area (Å²) in [7, 11) is -3.10. The minimum absolute atomic E-state index is 0.0458. The van der Waals surface area contributed by atoms with Crippen LogP contribution in [0.5, 0.6) is 0 Å². The molecule has 138 valence electrons. The van der Waals surface area contributed by atoms with Crippen LogP contribution in [0.3, 0.4) is 0 Å². The lowest BCUT2D eigenvalue weighted by atomic mass is 10.1. The van der Waals surface area contributed by atoms with Gasteiger partial charge in [0.05, 0.1) is 23.7 Å². The molecule has 1 aromatic carbocycles. The number of nitrogens with zero attached hydrogens (tertiary/aromatic N) is 1. The SMILES string of the molecule is CCN(C(=O)[C@@H](C)OC(=O)c1ccc(CO)cc1)[C@@H]1CCS(=O)(=O)C1. The first-order valence-electron chi connectivity index (χ1n) is 8.19. The molecule has 1 heterocycles. The van der Waals surface area contributed by atoms with E-state index in [1.165, 1.54) is 24.0 Å². The van der Waals surface area contributed by atoms with Gasteiger partial charge in [0.2, 0.25) is 0 Å². The van der Waals surface area contributed by atoms with Crippen molar-refractivity contribution in [2.45, 2.75) is 39.0 Å². The second-order valence-electron chi connectivity index (χ2n) is 6.08. The number of aliphatic hydroxyl groups is 1. The highest BCUT2D eigenvalue weighted by atomic mass is 32.2. The molecule has 1 aromatic rings. The van der Waals surface area contributed by atoms with Gasteiger partial charge < -0.3 is 14.7 Å². The fraction of sp³-hybridized carbons (Fsp3) is 0.529. The highest BCUT2D eigenvalue weighted by Crippen LogP contribution is 2.19. The molecule has 1 aliphatic rings. The average molecular weight is 369 g/mol. The van der Waals surface area contributed by atoms with E-state index in [1.807, 2.05) is 0 Å². The first-order chi connectivity index (χ1) is 11.8. The Balaban J connectivity index is 2.01. The molecule has 8 heteroatoms. The zero-order valence-corrected chi connectivity index (χ0v) is 15.2. The van der Waals surface area contributed by atoms with E-state index >= 15 is 0 Å². The Labute approximate surface area is 147 Å². The summed E-state index contributed by atoms with van der Waals surface area (Å²) in [6.45, 7) is 3.48. The third-order valence-electron chi connectivity index (χ3n) is 4.28. The average Bonchev–Trinajstić information content (AvgIpc) is 2.95. The van der Waals surface area contributed by atoms with E-state index in [9.17, 15) is 18.0 Å². The number of hydrogen-bond acceptors (Lipinski definition) is 6.